The molecule has 0 saturated heterocycles. The van der Waals surface area contributed by atoms with Crippen LogP contribution >= 0.6 is 0 Å². The van der Waals surface area contributed by atoms with Crippen LogP contribution in [0.3, 0.4) is 0 Å². The predicted molar refractivity (Wildman–Crippen MR) is 101 cm³/mol. The highest BCUT2D eigenvalue weighted by atomic mass is 16.6. The van der Waals surface area contributed by atoms with Gasteiger partial charge in [-0.15, -0.1) is 0 Å². The number of carbonyl (C=O) groups is 2. The number of ether oxygens (including phenoxy) is 2. The van der Waals surface area contributed by atoms with E-state index >= 15 is 0 Å². The van der Waals surface area contributed by atoms with E-state index in [2.05, 4.69) is 16.7 Å². The predicted octanol–water partition coefficient (Wildman–Crippen LogP) is 3.76. The van der Waals surface area contributed by atoms with Crippen molar-refractivity contribution >= 4 is 23.4 Å². The molecule has 2 aromatic carbocycles. The van der Waals surface area contributed by atoms with Crippen LogP contribution in [0.5, 0.6) is 0 Å². The van der Waals surface area contributed by atoms with E-state index in [4.69, 9.17) is 9.47 Å². The van der Waals surface area contributed by atoms with Gasteiger partial charge in [-0.2, -0.15) is 0 Å². The zero-order valence-corrected chi connectivity index (χ0v) is 15.1. The Balaban J connectivity index is 1.83. The monoisotopic (exact) mass is 356 g/mol. The Kier molecular flexibility index (Phi) is 7.64. The molecule has 26 heavy (non-hydrogen) atoms. The Bertz CT molecular complexity index is 746. The van der Waals surface area contributed by atoms with Gasteiger partial charge in [0.15, 0.2) is 0 Å². The molecule has 2 N–H and O–H groups in total. The summed E-state index contributed by atoms with van der Waals surface area (Å²) in [6, 6.07) is 15.0. The third kappa shape index (κ3) is 6.94. The second kappa shape index (κ2) is 10.2. The summed E-state index contributed by atoms with van der Waals surface area (Å²) in [5.41, 5.74) is 3.48. The van der Waals surface area contributed by atoms with Crippen molar-refractivity contribution in [2.24, 2.45) is 0 Å². The van der Waals surface area contributed by atoms with Gasteiger partial charge in [0, 0.05) is 24.9 Å². The van der Waals surface area contributed by atoms with Crippen molar-refractivity contribution in [3.05, 3.63) is 59.7 Å². The van der Waals surface area contributed by atoms with Gasteiger partial charge < -0.3 is 14.8 Å². The number of anilines is 2. The second-order valence-corrected chi connectivity index (χ2v) is 5.87. The van der Waals surface area contributed by atoms with Gasteiger partial charge in [-0.25, -0.2) is 4.79 Å². The van der Waals surface area contributed by atoms with Crippen LogP contribution in [0.2, 0.25) is 0 Å². The zero-order valence-electron chi connectivity index (χ0n) is 15.1. The lowest BCUT2D eigenvalue weighted by molar-refractivity contribution is -0.116. The average molecular weight is 356 g/mol. The van der Waals surface area contributed by atoms with Crippen LogP contribution in [-0.2, 0) is 20.7 Å². The summed E-state index contributed by atoms with van der Waals surface area (Å²) in [7, 11) is 1.53. The second-order valence-electron chi connectivity index (χ2n) is 5.87. The van der Waals surface area contributed by atoms with E-state index in [9.17, 15) is 9.59 Å². The normalized spacial score (nSPS) is 10.2. The van der Waals surface area contributed by atoms with Crippen molar-refractivity contribution in [3.8, 4) is 0 Å². The molecule has 138 valence electrons. The Morgan fingerprint density at radius 3 is 2.42 bits per heavy atom. The van der Waals surface area contributed by atoms with Crippen molar-refractivity contribution in [3.63, 3.8) is 0 Å². The number of methoxy groups -OCH3 is 1. The molecule has 0 fully saturated rings. The van der Waals surface area contributed by atoms with Gasteiger partial charge in [-0.05, 0) is 37.1 Å². The molecule has 0 heterocycles. The molecule has 6 nitrogen and oxygen atoms in total. The zero-order chi connectivity index (χ0) is 18.8. The van der Waals surface area contributed by atoms with Crippen molar-refractivity contribution in [1.29, 1.82) is 0 Å². The molecule has 0 atom stereocenters. The Labute approximate surface area is 153 Å². The van der Waals surface area contributed by atoms with E-state index in [1.807, 2.05) is 25.1 Å². The average Bonchev–Trinajstić information content (AvgIpc) is 2.60. The molecule has 0 saturated carbocycles. The minimum atomic E-state index is -0.565. The molecule has 6 heteroatoms. The summed E-state index contributed by atoms with van der Waals surface area (Å²) in [5.74, 6) is -0.0775. The summed E-state index contributed by atoms with van der Waals surface area (Å²) in [6.45, 7) is 2.55. The number of carbonyl (C=O) groups excluding carboxylic acids is 2. The largest absolute Gasteiger partial charge is 0.447 e. The molecule has 0 radical (unpaired) electrons. The standard InChI is InChI=1S/C20H24N2O4/c1-15-5-3-6-16(13-15)9-10-19(23)21-17-7-4-8-18(14-17)22-20(24)26-12-11-25-2/h3-8,13-14H,9-12H2,1-2H3,(H,21,23)(H,22,24). The highest BCUT2D eigenvalue weighted by Crippen LogP contribution is 2.16. The van der Waals surface area contributed by atoms with E-state index in [0.29, 0.717) is 30.8 Å². The van der Waals surface area contributed by atoms with E-state index in [1.54, 1.807) is 24.3 Å². The van der Waals surface area contributed by atoms with Gasteiger partial charge in [0.05, 0.1) is 6.61 Å². The van der Waals surface area contributed by atoms with Gasteiger partial charge in [-0.1, -0.05) is 35.9 Å². The van der Waals surface area contributed by atoms with Crippen LogP contribution < -0.4 is 10.6 Å². The molecular weight excluding hydrogens is 332 g/mol. The quantitative estimate of drug-likeness (QED) is 0.706. The molecule has 0 aromatic heterocycles. The first-order chi connectivity index (χ1) is 12.6. The van der Waals surface area contributed by atoms with Crippen molar-refractivity contribution in [2.75, 3.05) is 31.0 Å². The third-order valence-corrected chi connectivity index (χ3v) is 3.64. The van der Waals surface area contributed by atoms with E-state index in [0.717, 1.165) is 5.56 Å². The minimum absolute atomic E-state index is 0.0775. The molecule has 0 spiro atoms. The fourth-order valence-electron chi connectivity index (χ4n) is 2.40. The van der Waals surface area contributed by atoms with E-state index < -0.39 is 6.09 Å². The van der Waals surface area contributed by atoms with E-state index in [-0.39, 0.29) is 12.5 Å². The summed E-state index contributed by atoms with van der Waals surface area (Å²) >= 11 is 0. The number of hydrogen-bond acceptors (Lipinski definition) is 4. The summed E-state index contributed by atoms with van der Waals surface area (Å²) in [6.07, 6.45) is 0.502. The molecule has 0 unspecified atom stereocenters. The lowest BCUT2D eigenvalue weighted by atomic mass is 10.1. The summed E-state index contributed by atoms with van der Waals surface area (Å²) in [4.78, 5) is 23.8. The molecule has 2 aromatic rings. The van der Waals surface area contributed by atoms with Crippen LogP contribution in [0.1, 0.15) is 17.5 Å². The number of benzene rings is 2. The Hall–Kier alpha value is -2.86. The van der Waals surface area contributed by atoms with Crippen LogP contribution in [-0.4, -0.2) is 32.3 Å². The number of hydrogen-bond donors (Lipinski definition) is 2. The molecule has 0 aliphatic heterocycles. The first kappa shape index (κ1) is 19.5. The maximum absolute atomic E-state index is 12.1. The number of aryl methyl sites for hydroxylation is 2. The van der Waals surface area contributed by atoms with Gasteiger partial charge >= 0.3 is 6.09 Å². The van der Waals surface area contributed by atoms with Crippen LogP contribution in [0.15, 0.2) is 48.5 Å². The molecule has 2 amide bonds. The van der Waals surface area contributed by atoms with Gasteiger partial charge in [0.1, 0.15) is 6.61 Å². The molecule has 0 bridgehead atoms. The first-order valence-corrected chi connectivity index (χ1v) is 8.45. The van der Waals surface area contributed by atoms with Crippen molar-refractivity contribution in [1.82, 2.24) is 0 Å². The molecule has 0 aliphatic rings. The topological polar surface area (TPSA) is 76.7 Å². The summed E-state index contributed by atoms with van der Waals surface area (Å²) < 4.78 is 9.76. The Morgan fingerprint density at radius 2 is 1.69 bits per heavy atom. The maximum Gasteiger partial charge on any atom is 0.411 e. The smallest absolute Gasteiger partial charge is 0.411 e. The van der Waals surface area contributed by atoms with Crippen LogP contribution in [0.4, 0.5) is 16.2 Å². The highest BCUT2D eigenvalue weighted by Gasteiger charge is 2.06. The maximum atomic E-state index is 12.1. The minimum Gasteiger partial charge on any atom is -0.447 e. The van der Waals surface area contributed by atoms with Gasteiger partial charge in [0.25, 0.3) is 0 Å². The summed E-state index contributed by atoms with van der Waals surface area (Å²) in [5, 5.41) is 5.45. The first-order valence-electron chi connectivity index (χ1n) is 8.45. The molecular formula is C20H24N2O4. The van der Waals surface area contributed by atoms with Crippen LogP contribution in [0.25, 0.3) is 0 Å². The van der Waals surface area contributed by atoms with Gasteiger partial charge in [-0.3, -0.25) is 10.1 Å². The SMILES string of the molecule is COCCOC(=O)Nc1cccc(NC(=O)CCc2cccc(C)c2)c1. The third-order valence-electron chi connectivity index (χ3n) is 3.64. The number of nitrogens with one attached hydrogen (secondary N) is 2. The highest BCUT2D eigenvalue weighted by molar-refractivity contribution is 5.92. The fourth-order valence-corrected chi connectivity index (χ4v) is 2.40. The number of rotatable bonds is 8. The lowest BCUT2D eigenvalue weighted by Gasteiger charge is -2.09. The molecule has 0 aliphatic carbocycles. The fraction of sp³-hybridized carbons (Fsp3) is 0.300. The lowest BCUT2D eigenvalue weighted by Crippen LogP contribution is -2.17. The number of amides is 2. The van der Waals surface area contributed by atoms with Crippen molar-refractivity contribution < 1.29 is 19.1 Å². The van der Waals surface area contributed by atoms with E-state index in [1.165, 1.54) is 12.7 Å². The van der Waals surface area contributed by atoms with Crippen molar-refractivity contribution in [2.45, 2.75) is 19.8 Å². The van der Waals surface area contributed by atoms with Gasteiger partial charge in [0.2, 0.25) is 5.91 Å². The van der Waals surface area contributed by atoms with Crippen LogP contribution in [0, 0.1) is 6.92 Å². The molecule has 2 rings (SSSR count). The Morgan fingerprint density at radius 1 is 0.962 bits per heavy atom.